The predicted molar refractivity (Wildman–Crippen MR) is 76.8 cm³/mol. The minimum Gasteiger partial charge on any atom is -0.490 e. The van der Waals surface area contributed by atoms with Gasteiger partial charge in [0, 0.05) is 30.4 Å². The Hall–Kier alpha value is -2.31. The van der Waals surface area contributed by atoms with E-state index in [0.717, 1.165) is 5.69 Å². The van der Waals surface area contributed by atoms with E-state index in [0.29, 0.717) is 19.4 Å². The standard InChI is InChI=1S/C14H18N2O5/c1-9-7-10(14(17)18)5-6-15(9)11-3-4-12(16(19)20)13(8-11)21-2/h3-4,8-10H,5-7H2,1-2H3,(H,17,18). The second-order valence-corrected chi connectivity index (χ2v) is 5.22. The third-order valence-corrected chi connectivity index (χ3v) is 3.92. The maximum absolute atomic E-state index is 11.0. The van der Waals surface area contributed by atoms with Crippen molar-refractivity contribution in [2.45, 2.75) is 25.8 Å². The minimum atomic E-state index is -0.761. The molecule has 0 radical (unpaired) electrons. The molecule has 2 unspecified atom stereocenters. The van der Waals surface area contributed by atoms with Crippen molar-refractivity contribution < 1.29 is 19.6 Å². The van der Waals surface area contributed by atoms with Crippen LogP contribution in [0.3, 0.4) is 0 Å². The van der Waals surface area contributed by atoms with Crippen molar-refractivity contribution in [3.05, 3.63) is 28.3 Å². The Morgan fingerprint density at radius 1 is 1.52 bits per heavy atom. The number of nitro benzene ring substituents is 1. The summed E-state index contributed by atoms with van der Waals surface area (Å²) < 4.78 is 5.07. The number of carboxylic acids is 1. The molecule has 7 heteroatoms. The number of hydrogen-bond acceptors (Lipinski definition) is 5. The Morgan fingerprint density at radius 2 is 2.24 bits per heavy atom. The SMILES string of the molecule is COc1cc(N2CCC(C(=O)O)CC2C)ccc1[N+](=O)[O-]. The predicted octanol–water partition coefficient (Wildman–Crippen LogP) is 2.29. The maximum Gasteiger partial charge on any atom is 0.311 e. The van der Waals surface area contributed by atoms with Crippen LogP contribution in [0.1, 0.15) is 19.8 Å². The topological polar surface area (TPSA) is 92.9 Å². The fourth-order valence-corrected chi connectivity index (χ4v) is 2.78. The number of ether oxygens (including phenoxy) is 1. The number of anilines is 1. The zero-order chi connectivity index (χ0) is 15.6. The monoisotopic (exact) mass is 294 g/mol. The number of nitro groups is 1. The Morgan fingerprint density at radius 3 is 2.76 bits per heavy atom. The number of carboxylic acid groups (broad SMARTS) is 1. The van der Waals surface area contributed by atoms with E-state index in [4.69, 9.17) is 9.84 Å². The summed E-state index contributed by atoms with van der Waals surface area (Å²) in [5.41, 5.74) is 0.739. The number of rotatable bonds is 4. The van der Waals surface area contributed by atoms with Gasteiger partial charge in [-0.05, 0) is 25.8 Å². The van der Waals surface area contributed by atoms with Gasteiger partial charge in [0.2, 0.25) is 0 Å². The molecule has 0 aromatic heterocycles. The highest BCUT2D eigenvalue weighted by Crippen LogP contribution is 2.34. The fraction of sp³-hybridized carbons (Fsp3) is 0.500. The van der Waals surface area contributed by atoms with Gasteiger partial charge in [0.15, 0.2) is 5.75 Å². The molecule has 1 heterocycles. The lowest BCUT2D eigenvalue weighted by Crippen LogP contribution is -2.42. The van der Waals surface area contributed by atoms with Gasteiger partial charge in [-0.1, -0.05) is 0 Å². The summed E-state index contributed by atoms with van der Waals surface area (Å²) in [7, 11) is 1.40. The van der Waals surface area contributed by atoms with Crippen LogP contribution < -0.4 is 9.64 Å². The summed E-state index contributed by atoms with van der Waals surface area (Å²) in [4.78, 5) is 23.5. The number of benzene rings is 1. The first-order chi connectivity index (χ1) is 9.93. The molecule has 1 aromatic carbocycles. The van der Waals surface area contributed by atoms with Crippen molar-refractivity contribution in [2.24, 2.45) is 5.92 Å². The molecule has 2 atom stereocenters. The molecule has 0 amide bonds. The molecule has 0 bridgehead atoms. The lowest BCUT2D eigenvalue weighted by molar-refractivity contribution is -0.385. The van der Waals surface area contributed by atoms with E-state index in [9.17, 15) is 14.9 Å². The van der Waals surface area contributed by atoms with Gasteiger partial charge in [0.25, 0.3) is 0 Å². The van der Waals surface area contributed by atoms with E-state index in [1.807, 2.05) is 6.92 Å². The second-order valence-electron chi connectivity index (χ2n) is 5.22. The highest BCUT2D eigenvalue weighted by molar-refractivity contribution is 5.71. The Balaban J connectivity index is 2.23. The highest BCUT2D eigenvalue weighted by Gasteiger charge is 2.30. The number of aliphatic carboxylic acids is 1. The van der Waals surface area contributed by atoms with Crippen LogP contribution in [0.4, 0.5) is 11.4 Å². The van der Waals surface area contributed by atoms with Crippen LogP contribution in [0.15, 0.2) is 18.2 Å². The molecular formula is C14H18N2O5. The molecule has 1 aliphatic heterocycles. The Labute approximate surface area is 122 Å². The van der Waals surface area contributed by atoms with Gasteiger partial charge in [-0.15, -0.1) is 0 Å². The van der Waals surface area contributed by atoms with E-state index >= 15 is 0 Å². The first-order valence-corrected chi connectivity index (χ1v) is 6.76. The smallest absolute Gasteiger partial charge is 0.311 e. The third kappa shape index (κ3) is 3.07. The van der Waals surface area contributed by atoms with Crippen LogP contribution in [0.5, 0.6) is 5.75 Å². The van der Waals surface area contributed by atoms with Crippen molar-refractivity contribution in [2.75, 3.05) is 18.6 Å². The van der Waals surface area contributed by atoms with Crippen molar-refractivity contribution in [3.8, 4) is 5.75 Å². The summed E-state index contributed by atoms with van der Waals surface area (Å²) in [6, 6.07) is 4.80. The van der Waals surface area contributed by atoms with Crippen molar-refractivity contribution in [1.82, 2.24) is 0 Å². The average Bonchev–Trinajstić information content (AvgIpc) is 2.46. The molecule has 1 saturated heterocycles. The molecule has 114 valence electrons. The zero-order valence-electron chi connectivity index (χ0n) is 12.0. The average molecular weight is 294 g/mol. The Kier molecular flexibility index (Phi) is 4.30. The molecule has 0 aliphatic carbocycles. The highest BCUT2D eigenvalue weighted by atomic mass is 16.6. The number of piperidine rings is 1. The third-order valence-electron chi connectivity index (χ3n) is 3.92. The molecule has 1 aromatic rings. The number of carbonyl (C=O) groups is 1. The van der Waals surface area contributed by atoms with Crippen LogP contribution in [-0.4, -0.2) is 35.7 Å². The van der Waals surface area contributed by atoms with Gasteiger partial charge < -0.3 is 14.7 Å². The number of hydrogen-bond donors (Lipinski definition) is 1. The molecule has 1 fully saturated rings. The number of nitrogens with zero attached hydrogens (tertiary/aromatic N) is 2. The fourth-order valence-electron chi connectivity index (χ4n) is 2.78. The Bertz CT molecular complexity index is 560. The lowest BCUT2D eigenvalue weighted by atomic mass is 9.91. The summed E-state index contributed by atoms with van der Waals surface area (Å²) in [6.07, 6.45) is 1.13. The van der Waals surface area contributed by atoms with Gasteiger partial charge >= 0.3 is 11.7 Å². The van der Waals surface area contributed by atoms with E-state index in [1.54, 1.807) is 12.1 Å². The van der Waals surface area contributed by atoms with Gasteiger partial charge in [0.1, 0.15) is 0 Å². The quantitative estimate of drug-likeness (QED) is 0.676. The second kappa shape index (κ2) is 5.99. The van der Waals surface area contributed by atoms with Gasteiger partial charge in [-0.25, -0.2) is 0 Å². The van der Waals surface area contributed by atoms with Gasteiger partial charge in [-0.3, -0.25) is 14.9 Å². The molecule has 2 rings (SSSR count). The maximum atomic E-state index is 11.0. The van der Waals surface area contributed by atoms with Gasteiger partial charge in [0.05, 0.1) is 18.0 Å². The molecule has 0 spiro atoms. The normalized spacial score (nSPS) is 21.9. The first-order valence-electron chi connectivity index (χ1n) is 6.76. The van der Waals surface area contributed by atoms with E-state index in [-0.39, 0.29) is 23.4 Å². The van der Waals surface area contributed by atoms with Crippen LogP contribution >= 0.6 is 0 Å². The molecular weight excluding hydrogens is 276 g/mol. The first kappa shape index (κ1) is 15.1. The molecule has 0 saturated carbocycles. The van der Waals surface area contributed by atoms with Crippen molar-refractivity contribution in [3.63, 3.8) is 0 Å². The summed E-state index contributed by atoms with van der Waals surface area (Å²) in [5.74, 6) is -0.871. The minimum absolute atomic E-state index is 0.0611. The van der Waals surface area contributed by atoms with Crippen LogP contribution in [0, 0.1) is 16.0 Å². The van der Waals surface area contributed by atoms with Crippen molar-refractivity contribution in [1.29, 1.82) is 0 Å². The molecule has 7 nitrogen and oxygen atoms in total. The summed E-state index contributed by atoms with van der Waals surface area (Å²) >= 11 is 0. The van der Waals surface area contributed by atoms with Gasteiger partial charge in [-0.2, -0.15) is 0 Å². The zero-order valence-corrected chi connectivity index (χ0v) is 12.0. The lowest BCUT2D eigenvalue weighted by Gasteiger charge is -2.38. The summed E-state index contributed by atoms with van der Waals surface area (Å²) in [5, 5.41) is 20.0. The molecule has 1 N–H and O–H groups in total. The van der Waals surface area contributed by atoms with E-state index < -0.39 is 10.9 Å². The van der Waals surface area contributed by atoms with E-state index in [1.165, 1.54) is 13.2 Å². The van der Waals surface area contributed by atoms with Crippen LogP contribution in [-0.2, 0) is 4.79 Å². The summed E-state index contributed by atoms with van der Waals surface area (Å²) in [6.45, 7) is 2.57. The largest absolute Gasteiger partial charge is 0.490 e. The number of methoxy groups -OCH3 is 1. The molecule has 21 heavy (non-hydrogen) atoms. The van der Waals surface area contributed by atoms with E-state index in [2.05, 4.69) is 4.90 Å². The van der Waals surface area contributed by atoms with Crippen LogP contribution in [0.2, 0.25) is 0 Å². The van der Waals surface area contributed by atoms with Crippen LogP contribution in [0.25, 0.3) is 0 Å². The van der Waals surface area contributed by atoms with Crippen molar-refractivity contribution >= 4 is 17.3 Å². The molecule has 1 aliphatic rings.